The van der Waals surface area contributed by atoms with Gasteiger partial charge in [0.25, 0.3) is 0 Å². The van der Waals surface area contributed by atoms with Gasteiger partial charge in [-0.2, -0.15) is 4.31 Å². The van der Waals surface area contributed by atoms with Crippen LogP contribution in [0.5, 0.6) is 0 Å². The molecule has 0 saturated carbocycles. The average Bonchev–Trinajstić information content (AvgIpc) is 3.26. The number of fused-ring (bicyclic) bond motifs is 3. The molecule has 7 heteroatoms. The maximum Gasteiger partial charge on any atom is 0.243 e. The molecule has 5 rings (SSSR count). The summed E-state index contributed by atoms with van der Waals surface area (Å²) >= 11 is 0. The fourth-order valence-corrected chi connectivity index (χ4v) is 6.96. The topological polar surface area (TPSA) is 60.9 Å². The molecule has 0 unspecified atom stereocenters. The molecular weight excluding hydrogens is 427 g/mol. The molecule has 2 aliphatic heterocycles. The lowest BCUT2D eigenvalue weighted by atomic mass is 9.81. The molecule has 0 amide bonds. The first-order valence-electron chi connectivity index (χ1n) is 10.7. The van der Waals surface area contributed by atoms with Crippen molar-refractivity contribution in [3.05, 3.63) is 84.2 Å². The van der Waals surface area contributed by atoms with Gasteiger partial charge >= 0.3 is 0 Å². The van der Waals surface area contributed by atoms with Crippen molar-refractivity contribution in [1.29, 1.82) is 0 Å². The Kier molecular flexibility index (Phi) is 5.28. The molecule has 2 heterocycles. The minimum Gasteiger partial charge on any atom is -0.394 e. The summed E-state index contributed by atoms with van der Waals surface area (Å²) in [4.78, 5) is 2.28. The van der Waals surface area contributed by atoms with Crippen molar-refractivity contribution >= 4 is 15.7 Å². The second-order valence-corrected chi connectivity index (χ2v) is 10.3. The Balaban J connectivity index is 1.67. The van der Waals surface area contributed by atoms with Crippen molar-refractivity contribution in [2.24, 2.45) is 5.92 Å². The molecule has 32 heavy (non-hydrogen) atoms. The lowest BCUT2D eigenvalue weighted by Gasteiger charge is -2.44. The quantitative estimate of drug-likeness (QED) is 0.649. The summed E-state index contributed by atoms with van der Waals surface area (Å²) in [6, 6.07) is 20.1. The van der Waals surface area contributed by atoms with Gasteiger partial charge in [-0.05, 0) is 47.9 Å². The molecule has 0 aromatic heterocycles. The number of halogens is 1. The fraction of sp³-hybridized carbons (Fsp3) is 0.280. The van der Waals surface area contributed by atoms with Gasteiger partial charge in [-0.1, -0.05) is 42.5 Å². The molecule has 0 aliphatic carbocycles. The Hall–Kier alpha value is -2.74. The SMILES string of the molecule is CN1c2ccc(-c3ccccc3F)cc2[C@@H]2[C@@H](CCN2S(=O)(=O)c2ccccc2)[C@H]1CO. The lowest BCUT2D eigenvalue weighted by molar-refractivity contribution is 0.193. The van der Waals surface area contributed by atoms with E-state index in [1.54, 1.807) is 52.8 Å². The molecule has 1 fully saturated rings. The molecular formula is C25H25FN2O3S. The number of aliphatic hydroxyl groups excluding tert-OH is 1. The molecule has 5 nitrogen and oxygen atoms in total. The summed E-state index contributed by atoms with van der Waals surface area (Å²) in [6.07, 6.45) is 0.648. The van der Waals surface area contributed by atoms with Crippen LogP contribution in [0.3, 0.4) is 0 Å². The normalized spacial score (nSPS) is 23.1. The highest BCUT2D eigenvalue weighted by molar-refractivity contribution is 7.89. The van der Waals surface area contributed by atoms with Crippen LogP contribution in [-0.4, -0.2) is 44.1 Å². The molecule has 1 N–H and O–H groups in total. The van der Waals surface area contributed by atoms with Gasteiger partial charge in [-0.15, -0.1) is 0 Å². The lowest BCUT2D eigenvalue weighted by Crippen LogP contribution is -2.48. The first-order chi connectivity index (χ1) is 15.4. The zero-order chi connectivity index (χ0) is 22.5. The van der Waals surface area contributed by atoms with Crippen LogP contribution in [0, 0.1) is 11.7 Å². The number of rotatable bonds is 4. The van der Waals surface area contributed by atoms with E-state index in [4.69, 9.17) is 0 Å². The first-order valence-corrected chi connectivity index (χ1v) is 12.2. The highest BCUT2D eigenvalue weighted by atomic mass is 32.2. The van der Waals surface area contributed by atoms with Gasteiger partial charge in [0.15, 0.2) is 0 Å². The van der Waals surface area contributed by atoms with E-state index < -0.39 is 16.1 Å². The second-order valence-electron chi connectivity index (χ2n) is 8.44. The van der Waals surface area contributed by atoms with Crippen LogP contribution < -0.4 is 4.90 Å². The maximum absolute atomic E-state index is 14.5. The number of likely N-dealkylation sites (N-methyl/N-ethyl adjacent to an activating group) is 1. The number of sulfonamides is 1. The van der Waals surface area contributed by atoms with E-state index in [0.717, 1.165) is 11.3 Å². The Morgan fingerprint density at radius 1 is 1.03 bits per heavy atom. The summed E-state index contributed by atoms with van der Waals surface area (Å²) in [6.45, 7) is 0.311. The van der Waals surface area contributed by atoms with Crippen molar-refractivity contribution in [2.45, 2.75) is 23.4 Å². The zero-order valence-electron chi connectivity index (χ0n) is 17.7. The number of benzene rings is 3. The van der Waals surface area contributed by atoms with Crippen LogP contribution in [0.15, 0.2) is 77.7 Å². The van der Waals surface area contributed by atoms with Crippen LogP contribution in [0.4, 0.5) is 10.1 Å². The number of nitrogens with zero attached hydrogens (tertiary/aromatic N) is 2. The molecule has 0 spiro atoms. The van der Waals surface area contributed by atoms with Crippen LogP contribution >= 0.6 is 0 Å². The summed E-state index contributed by atoms with van der Waals surface area (Å²) in [5.41, 5.74) is 2.90. The van der Waals surface area contributed by atoms with Gasteiger partial charge in [-0.25, -0.2) is 12.8 Å². The summed E-state index contributed by atoms with van der Waals surface area (Å²) < 4.78 is 43.2. The highest BCUT2D eigenvalue weighted by Gasteiger charge is 2.50. The summed E-state index contributed by atoms with van der Waals surface area (Å²) in [7, 11) is -1.80. The number of hydrogen-bond acceptors (Lipinski definition) is 4. The summed E-state index contributed by atoms with van der Waals surface area (Å²) in [5, 5.41) is 10.1. The molecule has 166 valence electrons. The van der Waals surface area contributed by atoms with Crippen LogP contribution in [0.25, 0.3) is 11.1 Å². The predicted molar refractivity (Wildman–Crippen MR) is 122 cm³/mol. The van der Waals surface area contributed by atoms with E-state index in [9.17, 15) is 17.9 Å². The molecule has 0 radical (unpaired) electrons. The fourth-order valence-electron chi connectivity index (χ4n) is 5.27. The Bertz CT molecular complexity index is 1250. The predicted octanol–water partition coefficient (Wildman–Crippen LogP) is 4.06. The van der Waals surface area contributed by atoms with Gasteiger partial charge in [0.1, 0.15) is 5.82 Å². The van der Waals surface area contributed by atoms with E-state index in [0.29, 0.717) is 24.1 Å². The molecule has 2 aliphatic rings. The third-order valence-electron chi connectivity index (χ3n) is 6.84. The minimum absolute atomic E-state index is 0.0631. The maximum atomic E-state index is 14.5. The monoisotopic (exact) mass is 452 g/mol. The van der Waals surface area contributed by atoms with Gasteiger partial charge < -0.3 is 10.0 Å². The molecule has 3 aromatic rings. The van der Waals surface area contributed by atoms with Crippen molar-refractivity contribution in [3.63, 3.8) is 0 Å². The van der Waals surface area contributed by atoms with Crippen LogP contribution in [-0.2, 0) is 10.0 Å². The molecule has 3 aromatic carbocycles. The van der Waals surface area contributed by atoms with E-state index in [1.165, 1.54) is 6.07 Å². The van der Waals surface area contributed by atoms with Gasteiger partial charge in [0, 0.05) is 30.8 Å². The Morgan fingerprint density at radius 3 is 2.47 bits per heavy atom. The van der Waals surface area contributed by atoms with Gasteiger partial charge in [0.2, 0.25) is 10.0 Å². The largest absolute Gasteiger partial charge is 0.394 e. The van der Waals surface area contributed by atoms with E-state index >= 15 is 0 Å². The summed E-state index contributed by atoms with van der Waals surface area (Å²) in [5.74, 6) is -0.381. The molecule has 0 bridgehead atoms. The number of anilines is 1. The van der Waals surface area contributed by atoms with Crippen molar-refractivity contribution in [2.75, 3.05) is 25.1 Å². The second kappa shape index (κ2) is 7.99. The Morgan fingerprint density at radius 2 is 1.75 bits per heavy atom. The molecule has 1 saturated heterocycles. The molecule has 3 atom stereocenters. The van der Waals surface area contributed by atoms with Crippen molar-refractivity contribution in [1.82, 2.24) is 4.31 Å². The first kappa shape index (κ1) is 21.1. The highest BCUT2D eigenvalue weighted by Crippen LogP contribution is 2.51. The number of aliphatic hydroxyl groups is 1. The van der Waals surface area contributed by atoms with E-state index in [1.807, 2.05) is 30.1 Å². The minimum atomic E-state index is -3.73. The van der Waals surface area contributed by atoms with Gasteiger partial charge in [0.05, 0.1) is 23.6 Å². The smallest absolute Gasteiger partial charge is 0.243 e. The zero-order valence-corrected chi connectivity index (χ0v) is 18.5. The van der Waals surface area contributed by atoms with Crippen LogP contribution in [0.1, 0.15) is 18.0 Å². The van der Waals surface area contributed by atoms with Crippen LogP contribution in [0.2, 0.25) is 0 Å². The van der Waals surface area contributed by atoms with E-state index in [-0.39, 0.29) is 29.3 Å². The number of hydrogen-bond donors (Lipinski definition) is 1. The Labute approximate surface area is 187 Å². The average molecular weight is 453 g/mol. The van der Waals surface area contributed by atoms with E-state index in [2.05, 4.69) is 0 Å². The van der Waals surface area contributed by atoms with Crippen molar-refractivity contribution in [3.8, 4) is 11.1 Å². The third-order valence-corrected chi connectivity index (χ3v) is 8.73. The van der Waals surface area contributed by atoms with Gasteiger partial charge in [-0.3, -0.25) is 0 Å². The van der Waals surface area contributed by atoms with Crippen molar-refractivity contribution < 1.29 is 17.9 Å². The third kappa shape index (κ3) is 3.23. The standard InChI is InChI=1S/C25H25FN2O3S/c1-27-23-12-11-17(19-9-5-6-10-22(19)26)15-21(23)25-20(24(27)16-29)13-14-28(25)32(30,31)18-7-3-2-4-8-18/h2-12,15,20,24-25,29H,13-14,16H2,1H3/t20-,24+,25-/m0/s1.